The fourth-order valence-corrected chi connectivity index (χ4v) is 1.76. The Hall–Kier alpha value is -1.95. The lowest BCUT2D eigenvalue weighted by Crippen LogP contribution is -2.41. The lowest BCUT2D eigenvalue weighted by molar-refractivity contribution is -0.384. The number of nitro benzene ring substituents is 1. The van der Waals surface area contributed by atoms with Gasteiger partial charge in [0.2, 0.25) is 0 Å². The van der Waals surface area contributed by atoms with Crippen molar-refractivity contribution >= 4 is 11.7 Å². The Balaban J connectivity index is 2.97. The van der Waals surface area contributed by atoms with Gasteiger partial charge in [-0.15, -0.1) is 0 Å². The van der Waals surface area contributed by atoms with Crippen LogP contribution in [0, 0.1) is 15.5 Å². The maximum Gasteiger partial charge on any atom is 0.313 e. The molecule has 6 nitrogen and oxygen atoms in total. The minimum atomic E-state index is -0.941. The number of rotatable bonds is 4. The largest absolute Gasteiger partial charge is 0.460 e. The Morgan fingerprint density at radius 1 is 1.19 bits per heavy atom. The third-order valence-corrected chi connectivity index (χ3v) is 3.17. The smallest absolute Gasteiger partial charge is 0.313 e. The summed E-state index contributed by atoms with van der Waals surface area (Å²) in [5.74, 6) is -0.402. The quantitative estimate of drug-likeness (QED) is 0.523. The summed E-state index contributed by atoms with van der Waals surface area (Å²) in [6.07, 6.45) is 0. The van der Waals surface area contributed by atoms with Gasteiger partial charge in [0.05, 0.1) is 10.3 Å². The topological polar surface area (TPSA) is 95.5 Å². The van der Waals surface area contributed by atoms with E-state index in [-0.39, 0.29) is 5.69 Å². The van der Waals surface area contributed by atoms with Gasteiger partial charge < -0.3 is 10.5 Å². The summed E-state index contributed by atoms with van der Waals surface area (Å²) >= 11 is 0. The normalized spacial score (nSPS) is 13.6. The third-order valence-electron chi connectivity index (χ3n) is 3.17. The van der Waals surface area contributed by atoms with Crippen LogP contribution in [0.2, 0.25) is 0 Å². The highest BCUT2D eigenvalue weighted by Crippen LogP contribution is 2.34. The van der Waals surface area contributed by atoms with Crippen LogP contribution < -0.4 is 5.73 Å². The van der Waals surface area contributed by atoms with E-state index in [0.717, 1.165) is 0 Å². The molecular weight excluding hydrogens is 272 g/mol. The molecule has 0 amide bonds. The Bertz CT molecular complexity index is 530. The van der Waals surface area contributed by atoms with Gasteiger partial charge in [0, 0.05) is 18.2 Å². The Morgan fingerprint density at radius 2 is 1.67 bits per heavy atom. The number of carbonyl (C=O) groups is 1. The average molecular weight is 294 g/mol. The number of nitro groups is 1. The molecule has 1 aromatic rings. The highest BCUT2D eigenvalue weighted by molar-refractivity contribution is 5.77. The van der Waals surface area contributed by atoms with E-state index in [9.17, 15) is 14.9 Å². The van der Waals surface area contributed by atoms with Gasteiger partial charge in [-0.1, -0.05) is 12.1 Å². The van der Waals surface area contributed by atoms with E-state index in [4.69, 9.17) is 10.5 Å². The SMILES string of the molecule is CC(C)(C)OC(=O)C(C)(C)[C@@H](N)c1ccc([N+](=O)[O-])cc1. The van der Waals surface area contributed by atoms with Crippen LogP contribution in [0.1, 0.15) is 46.2 Å². The number of esters is 1. The van der Waals surface area contributed by atoms with Gasteiger partial charge in [0.1, 0.15) is 5.60 Å². The Kier molecular flexibility index (Phi) is 4.73. The number of hydrogen-bond donors (Lipinski definition) is 1. The second-order valence-electron chi connectivity index (χ2n) is 6.55. The highest BCUT2D eigenvalue weighted by Gasteiger charge is 2.39. The van der Waals surface area contributed by atoms with Gasteiger partial charge in [-0.2, -0.15) is 0 Å². The predicted molar refractivity (Wildman–Crippen MR) is 79.7 cm³/mol. The number of carbonyl (C=O) groups excluding carboxylic acids is 1. The number of nitrogens with two attached hydrogens (primary N) is 1. The molecule has 0 heterocycles. The van der Waals surface area contributed by atoms with Crippen molar-refractivity contribution in [2.24, 2.45) is 11.1 Å². The summed E-state index contributed by atoms with van der Waals surface area (Å²) < 4.78 is 5.38. The minimum Gasteiger partial charge on any atom is -0.460 e. The molecule has 0 saturated heterocycles. The summed E-state index contributed by atoms with van der Waals surface area (Å²) in [5.41, 5.74) is 5.25. The van der Waals surface area contributed by atoms with E-state index >= 15 is 0 Å². The number of hydrogen-bond acceptors (Lipinski definition) is 5. The highest BCUT2D eigenvalue weighted by atomic mass is 16.6. The summed E-state index contributed by atoms with van der Waals surface area (Å²) in [6, 6.07) is 5.26. The van der Waals surface area contributed by atoms with E-state index in [0.29, 0.717) is 5.56 Å². The fourth-order valence-electron chi connectivity index (χ4n) is 1.76. The molecule has 0 aliphatic carbocycles. The molecule has 21 heavy (non-hydrogen) atoms. The average Bonchev–Trinajstić information content (AvgIpc) is 2.35. The van der Waals surface area contributed by atoms with Gasteiger partial charge in [-0.05, 0) is 40.2 Å². The monoisotopic (exact) mass is 294 g/mol. The van der Waals surface area contributed by atoms with Crippen LogP contribution in [-0.4, -0.2) is 16.5 Å². The molecule has 0 unspecified atom stereocenters. The molecule has 0 bridgehead atoms. The third kappa shape index (κ3) is 4.26. The summed E-state index contributed by atoms with van der Waals surface area (Å²) in [6.45, 7) is 8.77. The zero-order valence-electron chi connectivity index (χ0n) is 13.0. The first-order chi connectivity index (χ1) is 9.45. The second kappa shape index (κ2) is 5.81. The van der Waals surface area contributed by atoms with Crippen molar-refractivity contribution in [1.82, 2.24) is 0 Å². The zero-order valence-corrected chi connectivity index (χ0v) is 13.0. The van der Waals surface area contributed by atoms with Gasteiger partial charge in [-0.25, -0.2) is 0 Å². The Labute approximate surface area is 124 Å². The predicted octanol–water partition coefficient (Wildman–Crippen LogP) is 2.96. The van der Waals surface area contributed by atoms with Gasteiger partial charge in [-0.3, -0.25) is 14.9 Å². The summed E-state index contributed by atoms with van der Waals surface area (Å²) in [4.78, 5) is 22.4. The summed E-state index contributed by atoms with van der Waals surface area (Å²) in [7, 11) is 0. The van der Waals surface area contributed by atoms with Crippen LogP contribution in [0.3, 0.4) is 0 Å². The molecule has 0 spiro atoms. The summed E-state index contributed by atoms with van der Waals surface area (Å²) in [5, 5.41) is 10.6. The molecule has 1 rings (SSSR count). The molecule has 6 heteroatoms. The molecule has 0 aliphatic rings. The maximum absolute atomic E-state index is 12.3. The van der Waals surface area contributed by atoms with Crippen molar-refractivity contribution in [2.45, 2.75) is 46.3 Å². The van der Waals surface area contributed by atoms with Crippen LogP contribution >= 0.6 is 0 Å². The molecule has 0 aromatic heterocycles. The minimum absolute atomic E-state index is 0.0129. The lowest BCUT2D eigenvalue weighted by Gasteiger charge is -2.33. The maximum atomic E-state index is 12.3. The van der Waals surface area contributed by atoms with Crippen LogP contribution in [0.15, 0.2) is 24.3 Å². The molecule has 116 valence electrons. The van der Waals surface area contributed by atoms with E-state index in [2.05, 4.69) is 0 Å². The van der Waals surface area contributed by atoms with Crippen molar-refractivity contribution in [3.05, 3.63) is 39.9 Å². The van der Waals surface area contributed by atoms with Crippen molar-refractivity contribution < 1.29 is 14.5 Å². The van der Waals surface area contributed by atoms with Gasteiger partial charge in [0.15, 0.2) is 0 Å². The van der Waals surface area contributed by atoms with E-state index in [1.54, 1.807) is 46.8 Å². The second-order valence-corrected chi connectivity index (χ2v) is 6.55. The van der Waals surface area contributed by atoms with E-state index in [1.165, 1.54) is 12.1 Å². The first kappa shape index (κ1) is 17.1. The van der Waals surface area contributed by atoms with Crippen molar-refractivity contribution in [3.8, 4) is 0 Å². The number of ether oxygens (including phenoxy) is 1. The molecule has 0 aliphatic heterocycles. The first-order valence-electron chi connectivity index (χ1n) is 6.68. The lowest BCUT2D eigenvalue weighted by atomic mass is 9.81. The van der Waals surface area contributed by atoms with E-state index < -0.39 is 28.0 Å². The van der Waals surface area contributed by atoms with Crippen LogP contribution in [0.4, 0.5) is 5.69 Å². The number of non-ortho nitro benzene ring substituents is 1. The molecule has 0 radical (unpaired) electrons. The standard InChI is InChI=1S/C15H22N2O4/c1-14(2,3)21-13(18)15(4,5)12(16)10-6-8-11(9-7-10)17(19)20/h6-9,12H,16H2,1-5H3/t12-/m0/s1. The molecule has 1 aromatic carbocycles. The van der Waals surface area contributed by atoms with Crippen LogP contribution in [0.25, 0.3) is 0 Å². The molecular formula is C15H22N2O4. The van der Waals surface area contributed by atoms with Crippen LogP contribution in [0.5, 0.6) is 0 Å². The number of benzene rings is 1. The van der Waals surface area contributed by atoms with Gasteiger partial charge in [0.25, 0.3) is 5.69 Å². The van der Waals surface area contributed by atoms with E-state index in [1.807, 2.05) is 0 Å². The molecule has 0 fully saturated rings. The fraction of sp³-hybridized carbons (Fsp3) is 0.533. The Morgan fingerprint density at radius 3 is 2.05 bits per heavy atom. The molecule has 0 saturated carbocycles. The van der Waals surface area contributed by atoms with Crippen molar-refractivity contribution in [3.63, 3.8) is 0 Å². The molecule has 1 atom stereocenters. The zero-order chi connectivity index (χ0) is 16.4. The van der Waals surface area contributed by atoms with Gasteiger partial charge >= 0.3 is 5.97 Å². The molecule has 2 N–H and O–H groups in total. The van der Waals surface area contributed by atoms with Crippen molar-refractivity contribution in [2.75, 3.05) is 0 Å². The van der Waals surface area contributed by atoms with Crippen LogP contribution in [-0.2, 0) is 9.53 Å². The number of nitrogens with zero attached hydrogens (tertiary/aromatic N) is 1. The first-order valence-corrected chi connectivity index (χ1v) is 6.68. The van der Waals surface area contributed by atoms with Crippen molar-refractivity contribution in [1.29, 1.82) is 0 Å².